The van der Waals surface area contributed by atoms with Gasteiger partial charge < -0.3 is 9.52 Å². The van der Waals surface area contributed by atoms with Gasteiger partial charge in [-0.05, 0) is 24.3 Å². The van der Waals surface area contributed by atoms with E-state index in [-0.39, 0.29) is 12.8 Å². The van der Waals surface area contributed by atoms with Gasteiger partial charge in [-0.25, -0.2) is 0 Å². The first-order valence-electron chi connectivity index (χ1n) is 5.18. The standard InChI is InChI=1S/C12H9F3O3/c13-12(14,15)8-1-3-10-7(5-8)6-9(18-10)2-4-11(16)17/h1,3,5-6H,2,4H2,(H,16,17). The van der Waals surface area contributed by atoms with Gasteiger partial charge in [0.05, 0.1) is 12.0 Å². The number of furan rings is 1. The molecule has 96 valence electrons. The molecule has 0 fully saturated rings. The predicted molar refractivity (Wildman–Crippen MR) is 57.2 cm³/mol. The van der Waals surface area contributed by atoms with E-state index >= 15 is 0 Å². The first-order chi connectivity index (χ1) is 8.36. The maximum Gasteiger partial charge on any atom is 0.416 e. The van der Waals surface area contributed by atoms with Gasteiger partial charge >= 0.3 is 12.1 Å². The molecule has 1 aromatic heterocycles. The molecule has 3 nitrogen and oxygen atoms in total. The summed E-state index contributed by atoms with van der Waals surface area (Å²) in [5.74, 6) is -0.613. The Morgan fingerprint density at radius 1 is 1.28 bits per heavy atom. The Morgan fingerprint density at radius 3 is 2.61 bits per heavy atom. The van der Waals surface area contributed by atoms with Crippen LogP contribution in [0.25, 0.3) is 11.0 Å². The molecule has 2 rings (SSSR count). The van der Waals surface area contributed by atoms with Gasteiger partial charge in [0.1, 0.15) is 11.3 Å². The second-order valence-corrected chi connectivity index (χ2v) is 3.86. The summed E-state index contributed by atoms with van der Waals surface area (Å²) in [7, 11) is 0. The molecule has 0 bridgehead atoms. The summed E-state index contributed by atoms with van der Waals surface area (Å²) < 4.78 is 42.7. The van der Waals surface area contributed by atoms with E-state index in [0.717, 1.165) is 12.1 Å². The molecule has 0 saturated carbocycles. The van der Waals surface area contributed by atoms with Crippen LogP contribution in [0.5, 0.6) is 0 Å². The van der Waals surface area contributed by atoms with Gasteiger partial charge in [0.25, 0.3) is 0 Å². The molecule has 18 heavy (non-hydrogen) atoms. The van der Waals surface area contributed by atoms with E-state index in [2.05, 4.69) is 0 Å². The third-order valence-electron chi connectivity index (χ3n) is 2.48. The molecule has 0 saturated heterocycles. The SMILES string of the molecule is O=C(O)CCc1cc2cc(C(F)(F)F)ccc2o1. The summed E-state index contributed by atoms with van der Waals surface area (Å²) >= 11 is 0. The average Bonchev–Trinajstić information content (AvgIpc) is 2.66. The van der Waals surface area contributed by atoms with Crippen LogP contribution in [0.2, 0.25) is 0 Å². The first kappa shape index (κ1) is 12.5. The monoisotopic (exact) mass is 258 g/mol. The van der Waals surface area contributed by atoms with Crippen LogP contribution in [0.4, 0.5) is 13.2 Å². The summed E-state index contributed by atoms with van der Waals surface area (Å²) in [4.78, 5) is 10.4. The van der Waals surface area contributed by atoms with Crippen molar-refractivity contribution in [3.8, 4) is 0 Å². The number of benzene rings is 1. The smallest absolute Gasteiger partial charge is 0.416 e. The highest BCUT2D eigenvalue weighted by Crippen LogP contribution is 2.32. The highest BCUT2D eigenvalue weighted by molar-refractivity contribution is 5.79. The molecular weight excluding hydrogens is 249 g/mol. The van der Waals surface area contributed by atoms with E-state index in [1.807, 2.05) is 0 Å². The summed E-state index contributed by atoms with van der Waals surface area (Å²) in [6.45, 7) is 0. The van der Waals surface area contributed by atoms with Crippen LogP contribution in [0, 0.1) is 0 Å². The zero-order chi connectivity index (χ0) is 13.3. The number of aryl methyl sites for hydroxylation is 1. The van der Waals surface area contributed by atoms with Crippen LogP contribution >= 0.6 is 0 Å². The fraction of sp³-hybridized carbons (Fsp3) is 0.250. The maximum atomic E-state index is 12.5. The van der Waals surface area contributed by atoms with Crippen LogP contribution in [-0.4, -0.2) is 11.1 Å². The van der Waals surface area contributed by atoms with Crippen LogP contribution in [0.3, 0.4) is 0 Å². The summed E-state index contributed by atoms with van der Waals surface area (Å²) in [6, 6.07) is 4.60. The highest BCUT2D eigenvalue weighted by Gasteiger charge is 2.30. The number of alkyl halides is 3. The van der Waals surface area contributed by atoms with Gasteiger partial charge in [0, 0.05) is 11.8 Å². The molecule has 0 spiro atoms. The zero-order valence-corrected chi connectivity index (χ0v) is 9.12. The predicted octanol–water partition coefficient (Wildman–Crippen LogP) is 3.47. The van der Waals surface area contributed by atoms with Crippen LogP contribution in [0.1, 0.15) is 17.7 Å². The van der Waals surface area contributed by atoms with Gasteiger partial charge in [-0.3, -0.25) is 4.79 Å². The van der Waals surface area contributed by atoms with Gasteiger partial charge in [-0.1, -0.05) is 0 Å². The summed E-state index contributed by atoms with van der Waals surface area (Å²) in [5, 5.41) is 8.83. The molecule has 0 aliphatic heterocycles. The van der Waals surface area contributed by atoms with Crippen molar-refractivity contribution in [3.05, 3.63) is 35.6 Å². The minimum Gasteiger partial charge on any atom is -0.481 e. The number of halogens is 3. The number of carbonyl (C=O) groups is 1. The van der Waals surface area contributed by atoms with Crippen molar-refractivity contribution in [2.24, 2.45) is 0 Å². The Kier molecular flexibility index (Phi) is 3.02. The molecule has 1 heterocycles. The second-order valence-electron chi connectivity index (χ2n) is 3.86. The number of carboxylic acid groups (broad SMARTS) is 1. The largest absolute Gasteiger partial charge is 0.481 e. The minimum absolute atomic E-state index is 0.119. The first-order valence-corrected chi connectivity index (χ1v) is 5.18. The van der Waals surface area contributed by atoms with Crippen molar-refractivity contribution >= 4 is 16.9 Å². The number of rotatable bonds is 3. The lowest BCUT2D eigenvalue weighted by Crippen LogP contribution is -2.03. The molecule has 2 aromatic rings. The Hall–Kier alpha value is -1.98. The van der Waals surface area contributed by atoms with Crippen molar-refractivity contribution in [1.29, 1.82) is 0 Å². The fourth-order valence-electron chi connectivity index (χ4n) is 1.63. The van der Waals surface area contributed by atoms with Crippen LogP contribution in [-0.2, 0) is 17.4 Å². The lowest BCUT2D eigenvalue weighted by atomic mass is 10.1. The topological polar surface area (TPSA) is 50.4 Å². The van der Waals surface area contributed by atoms with Crippen LogP contribution < -0.4 is 0 Å². The highest BCUT2D eigenvalue weighted by atomic mass is 19.4. The minimum atomic E-state index is -4.40. The number of hydrogen-bond donors (Lipinski definition) is 1. The van der Waals surface area contributed by atoms with E-state index in [1.54, 1.807) is 0 Å². The molecule has 0 aliphatic carbocycles. The maximum absolute atomic E-state index is 12.5. The quantitative estimate of drug-likeness (QED) is 0.917. The normalized spacial score (nSPS) is 11.9. The lowest BCUT2D eigenvalue weighted by molar-refractivity contribution is -0.138. The van der Waals surface area contributed by atoms with Crippen molar-refractivity contribution in [2.45, 2.75) is 19.0 Å². The van der Waals surface area contributed by atoms with E-state index < -0.39 is 17.7 Å². The molecular formula is C12H9F3O3. The van der Waals surface area contributed by atoms with Crippen molar-refractivity contribution in [1.82, 2.24) is 0 Å². The van der Waals surface area contributed by atoms with Gasteiger partial charge in [-0.15, -0.1) is 0 Å². The summed E-state index contributed by atoms with van der Waals surface area (Å²) in [5.41, 5.74) is -0.427. The summed E-state index contributed by atoms with van der Waals surface area (Å²) in [6.07, 6.45) is -4.36. The molecule has 0 unspecified atom stereocenters. The van der Waals surface area contributed by atoms with E-state index in [4.69, 9.17) is 9.52 Å². The molecule has 1 aromatic carbocycles. The number of fused-ring (bicyclic) bond motifs is 1. The second kappa shape index (κ2) is 4.36. The van der Waals surface area contributed by atoms with Crippen molar-refractivity contribution in [3.63, 3.8) is 0 Å². The molecule has 0 atom stereocenters. The molecule has 0 aliphatic rings. The van der Waals surface area contributed by atoms with Crippen molar-refractivity contribution in [2.75, 3.05) is 0 Å². The fourth-order valence-corrected chi connectivity index (χ4v) is 1.63. The Labute approximate surface area is 99.8 Å². The molecule has 0 radical (unpaired) electrons. The molecule has 1 N–H and O–H groups in total. The van der Waals surface area contributed by atoms with Crippen molar-refractivity contribution < 1.29 is 27.5 Å². The van der Waals surface area contributed by atoms with Gasteiger partial charge in [0.2, 0.25) is 0 Å². The van der Waals surface area contributed by atoms with E-state index in [1.165, 1.54) is 12.1 Å². The Balaban J connectivity index is 2.31. The number of carboxylic acids is 1. The third-order valence-corrected chi connectivity index (χ3v) is 2.48. The third kappa shape index (κ3) is 2.64. The van der Waals surface area contributed by atoms with E-state index in [0.29, 0.717) is 16.7 Å². The number of hydrogen-bond acceptors (Lipinski definition) is 2. The Bertz CT molecular complexity index is 584. The number of aliphatic carboxylic acids is 1. The lowest BCUT2D eigenvalue weighted by Gasteiger charge is -2.04. The van der Waals surface area contributed by atoms with Gasteiger partial charge in [-0.2, -0.15) is 13.2 Å². The van der Waals surface area contributed by atoms with Gasteiger partial charge in [0.15, 0.2) is 0 Å². The average molecular weight is 258 g/mol. The van der Waals surface area contributed by atoms with Crippen LogP contribution in [0.15, 0.2) is 28.7 Å². The Morgan fingerprint density at radius 2 is 2.00 bits per heavy atom. The van der Waals surface area contributed by atoms with E-state index in [9.17, 15) is 18.0 Å². The zero-order valence-electron chi connectivity index (χ0n) is 9.12. The molecule has 6 heteroatoms. The molecule has 0 amide bonds.